The minimum Gasteiger partial charge on any atom is -0.444 e. The summed E-state index contributed by atoms with van der Waals surface area (Å²) >= 11 is 0. The lowest BCUT2D eigenvalue weighted by atomic mass is 9.79. The Labute approximate surface area is 115 Å². The summed E-state index contributed by atoms with van der Waals surface area (Å²) in [5.74, 6) is -0.286. The van der Waals surface area contributed by atoms with Gasteiger partial charge in [0.05, 0.1) is 0 Å². The van der Waals surface area contributed by atoms with Crippen molar-refractivity contribution in [1.82, 2.24) is 5.32 Å². The Balaban J connectivity index is 4.68. The van der Waals surface area contributed by atoms with Gasteiger partial charge in [-0.1, -0.05) is 13.8 Å². The number of nitrogens with zero attached hydrogens (tertiary/aromatic N) is 1. The van der Waals surface area contributed by atoms with Gasteiger partial charge in [0.25, 0.3) is 5.91 Å². The van der Waals surface area contributed by atoms with Crippen LogP contribution in [0.2, 0.25) is 0 Å². The fourth-order valence-corrected chi connectivity index (χ4v) is 2.02. The number of aliphatic imine (C=N–C) groups is 1. The van der Waals surface area contributed by atoms with Crippen LogP contribution in [0.1, 0.15) is 54.9 Å². The van der Waals surface area contributed by atoms with Crippen LogP contribution in [0, 0.1) is 5.41 Å². The molecule has 19 heavy (non-hydrogen) atoms. The molecular weight excluding hydrogens is 244 g/mol. The molecule has 110 valence electrons. The van der Waals surface area contributed by atoms with E-state index in [1.54, 1.807) is 34.6 Å². The molecule has 0 aromatic heterocycles. The van der Waals surface area contributed by atoms with Crippen LogP contribution in [0.3, 0.4) is 0 Å². The van der Waals surface area contributed by atoms with E-state index in [9.17, 15) is 9.59 Å². The number of hydrogen-bond acceptors (Lipinski definition) is 3. The molecule has 0 fully saturated rings. The van der Waals surface area contributed by atoms with Gasteiger partial charge in [0.15, 0.2) is 0 Å². The highest BCUT2D eigenvalue weighted by molar-refractivity contribution is 5.85. The molecule has 0 radical (unpaired) electrons. The number of ether oxygens (including phenoxy) is 1. The second-order valence-corrected chi connectivity index (χ2v) is 7.03. The molecule has 5 nitrogen and oxygen atoms in total. The molecule has 5 heteroatoms. The number of carbonyl (C=O) groups excluding carboxylic acids is 2. The lowest BCUT2D eigenvalue weighted by molar-refractivity contribution is -0.126. The number of alkyl carbamates (subject to hydrolysis) is 1. The highest BCUT2D eigenvalue weighted by Gasteiger charge is 2.35. The summed E-state index contributed by atoms with van der Waals surface area (Å²) in [5, 5.41) is 2.77. The molecule has 0 atom stereocenters. The van der Waals surface area contributed by atoms with Crippen LogP contribution in [0.5, 0.6) is 0 Å². The predicted octanol–water partition coefficient (Wildman–Crippen LogP) is 2.93. The molecule has 0 aromatic carbocycles. The SMILES string of the molecule is C=NC(=O)C(C)(C)CC(C)(C)NC(=O)OC(C)(C)C. The van der Waals surface area contributed by atoms with Crippen molar-refractivity contribution in [3.05, 3.63) is 0 Å². The van der Waals surface area contributed by atoms with Crippen LogP contribution in [0.15, 0.2) is 4.99 Å². The molecule has 1 N–H and O–H groups in total. The maximum atomic E-state index is 11.7. The first-order valence-electron chi connectivity index (χ1n) is 6.31. The average molecular weight is 270 g/mol. The molecule has 0 aromatic rings. The van der Waals surface area contributed by atoms with Crippen LogP contribution in [-0.4, -0.2) is 29.9 Å². The Morgan fingerprint density at radius 3 is 1.95 bits per heavy atom. The van der Waals surface area contributed by atoms with Crippen LogP contribution in [0.4, 0.5) is 4.79 Å². The monoisotopic (exact) mass is 270 g/mol. The molecule has 0 aliphatic carbocycles. The van der Waals surface area contributed by atoms with E-state index in [-0.39, 0.29) is 5.91 Å². The predicted molar refractivity (Wildman–Crippen MR) is 76.4 cm³/mol. The molecule has 0 heterocycles. The standard InChI is InChI=1S/C14H26N2O3/c1-12(2,3)19-11(18)16-14(6,7)9-13(4,5)10(17)15-8/h8-9H2,1-7H3,(H,16,18). The van der Waals surface area contributed by atoms with Crippen molar-refractivity contribution in [1.29, 1.82) is 0 Å². The summed E-state index contributed by atoms with van der Waals surface area (Å²) in [6.45, 7) is 15.9. The van der Waals surface area contributed by atoms with E-state index in [2.05, 4.69) is 17.0 Å². The lowest BCUT2D eigenvalue weighted by Crippen LogP contribution is -2.49. The first kappa shape index (κ1) is 17.6. The Bertz CT molecular complexity index is 365. The van der Waals surface area contributed by atoms with Crippen molar-refractivity contribution < 1.29 is 14.3 Å². The number of nitrogens with one attached hydrogen (secondary N) is 1. The maximum Gasteiger partial charge on any atom is 0.408 e. The van der Waals surface area contributed by atoms with E-state index in [1.165, 1.54) is 0 Å². The van der Waals surface area contributed by atoms with Gasteiger partial charge < -0.3 is 10.1 Å². The highest BCUT2D eigenvalue weighted by atomic mass is 16.6. The molecule has 0 spiro atoms. The van der Waals surface area contributed by atoms with E-state index >= 15 is 0 Å². The molecule has 0 saturated carbocycles. The van der Waals surface area contributed by atoms with Crippen molar-refractivity contribution in [2.24, 2.45) is 10.4 Å². The molecule has 0 bridgehead atoms. The number of amides is 2. The first-order valence-corrected chi connectivity index (χ1v) is 6.31. The fraction of sp³-hybridized carbons (Fsp3) is 0.786. The first-order chi connectivity index (χ1) is 8.29. The molecule has 0 saturated heterocycles. The van der Waals surface area contributed by atoms with E-state index in [0.29, 0.717) is 6.42 Å². The maximum absolute atomic E-state index is 11.7. The zero-order chi connectivity index (χ0) is 15.5. The lowest BCUT2D eigenvalue weighted by Gasteiger charge is -2.34. The van der Waals surface area contributed by atoms with Gasteiger partial charge in [-0.25, -0.2) is 9.79 Å². The number of rotatable bonds is 4. The van der Waals surface area contributed by atoms with Gasteiger partial charge in [-0.2, -0.15) is 0 Å². The van der Waals surface area contributed by atoms with Crippen molar-refractivity contribution in [3.8, 4) is 0 Å². The van der Waals surface area contributed by atoms with Crippen LogP contribution >= 0.6 is 0 Å². The van der Waals surface area contributed by atoms with Gasteiger partial charge in [-0.3, -0.25) is 4.79 Å². The molecule has 0 unspecified atom stereocenters. The third-order valence-corrected chi connectivity index (χ3v) is 2.45. The Morgan fingerprint density at radius 1 is 1.11 bits per heavy atom. The normalized spacial score (nSPS) is 12.8. The quantitative estimate of drug-likeness (QED) is 0.799. The summed E-state index contributed by atoms with van der Waals surface area (Å²) in [4.78, 5) is 26.8. The fourth-order valence-electron chi connectivity index (χ4n) is 2.02. The average Bonchev–Trinajstić information content (AvgIpc) is 2.09. The number of hydrogen-bond donors (Lipinski definition) is 1. The van der Waals surface area contributed by atoms with E-state index in [0.717, 1.165) is 0 Å². The van der Waals surface area contributed by atoms with Crippen LogP contribution < -0.4 is 5.32 Å². The van der Waals surface area contributed by atoms with Gasteiger partial charge in [-0.05, 0) is 47.8 Å². The van der Waals surface area contributed by atoms with Gasteiger partial charge >= 0.3 is 6.09 Å². The van der Waals surface area contributed by atoms with Gasteiger partial charge in [-0.15, -0.1) is 0 Å². The van der Waals surface area contributed by atoms with E-state index in [4.69, 9.17) is 4.74 Å². The van der Waals surface area contributed by atoms with Crippen molar-refractivity contribution in [3.63, 3.8) is 0 Å². The Kier molecular flexibility index (Phi) is 5.30. The molecule has 0 aliphatic rings. The summed E-state index contributed by atoms with van der Waals surface area (Å²) in [6.07, 6.45) is -0.0517. The second-order valence-electron chi connectivity index (χ2n) is 7.03. The van der Waals surface area contributed by atoms with Crippen LogP contribution in [0.25, 0.3) is 0 Å². The van der Waals surface area contributed by atoms with Crippen molar-refractivity contribution in [2.75, 3.05) is 0 Å². The van der Waals surface area contributed by atoms with E-state index in [1.807, 2.05) is 13.8 Å². The summed E-state index contributed by atoms with van der Waals surface area (Å²) in [5.41, 5.74) is -1.80. The Morgan fingerprint density at radius 2 is 1.58 bits per heavy atom. The van der Waals surface area contributed by atoms with E-state index < -0.39 is 22.6 Å². The third-order valence-electron chi connectivity index (χ3n) is 2.45. The molecule has 0 aliphatic heterocycles. The Hall–Kier alpha value is -1.39. The highest BCUT2D eigenvalue weighted by Crippen LogP contribution is 2.29. The minimum atomic E-state index is -0.680. The number of carbonyl (C=O) groups is 2. The molecule has 0 rings (SSSR count). The van der Waals surface area contributed by atoms with Crippen LogP contribution in [-0.2, 0) is 9.53 Å². The van der Waals surface area contributed by atoms with Gasteiger partial charge in [0.1, 0.15) is 5.60 Å². The van der Waals surface area contributed by atoms with Gasteiger partial charge in [0.2, 0.25) is 0 Å². The summed E-state index contributed by atoms with van der Waals surface area (Å²) in [6, 6.07) is 0. The second kappa shape index (κ2) is 5.72. The topological polar surface area (TPSA) is 67.8 Å². The molecular formula is C14H26N2O3. The zero-order valence-electron chi connectivity index (χ0n) is 13.1. The smallest absolute Gasteiger partial charge is 0.408 e. The summed E-state index contributed by atoms with van der Waals surface area (Å²) in [7, 11) is 0. The summed E-state index contributed by atoms with van der Waals surface area (Å²) < 4.78 is 5.20. The van der Waals surface area contributed by atoms with Gasteiger partial charge in [0, 0.05) is 11.0 Å². The largest absolute Gasteiger partial charge is 0.444 e. The zero-order valence-corrected chi connectivity index (χ0v) is 13.1. The van der Waals surface area contributed by atoms with Crippen molar-refractivity contribution >= 4 is 18.7 Å². The third kappa shape index (κ3) is 6.94. The van der Waals surface area contributed by atoms with Crippen molar-refractivity contribution in [2.45, 2.75) is 66.0 Å². The minimum absolute atomic E-state index is 0.286. The molecule has 2 amide bonds.